The van der Waals surface area contributed by atoms with Crippen molar-refractivity contribution in [1.29, 1.82) is 0 Å². The Hall–Kier alpha value is -1.70. The Labute approximate surface area is 114 Å². The van der Waals surface area contributed by atoms with E-state index in [1.807, 2.05) is 0 Å². The minimum Gasteiger partial charge on any atom is -0.480 e. The topological polar surface area (TPSA) is 69.6 Å². The van der Waals surface area contributed by atoms with E-state index in [-0.39, 0.29) is 0 Å². The van der Waals surface area contributed by atoms with Crippen LogP contribution in [0.1, 0.15) is 46.0 Å². The maximum atomic E-state index is 12.2. The quantitative estimate of drug-likeness (QED) is 0.749. The van der Waals surface area contributed by atoms with Gasteiger partial charge in [0.05, 0.1) is 5.54 Å². The third-order valence-electron chi connectivity index (χ3n) is 3.33. The van der Waals surface area contributed by atoms with Gasteiger partial charge in [-0.1, -0.05) is 25.2 Å². The Morgan fingerprint density at radius 2 is 1.95 bits per heavy atom. The first-order chi connectivity index (χ1) is 8.87. The Balaban J connectivity index is 2.81. The van der Waals surface area contributed by atoms with Gasteiger partial charge in [0.2, 0.25) is 0 Å². The molecule has 0 bridgehead atoms. The zero-order chi connectivity index (χ0) is 14.5. The maximum Gasteiger partial charge on any atom is 0.326 e. The number of carbonyl (C=O) groups excluding carboxylic acids is 1. The molecule has 2 amide bonds. The second-order valence-electron chi connectivity index (χ2n) is 5.45. The molecule has 0 saturated carbocycles. The molecule has 19 heavy (non-hydrogen) atoms. The summed E-state index contributed by atoms with van der Waals surface area (Å²) in [5.74, 6) is 1.53. The molecule has 1 heterocycles. The van der Waals surface area contributed by atoms with E-state index in [1.165, 1.54) is 4.90 Å². The normalized spacial score (nSPS) is 20.9. The number of likely N-dealkylation sites (tertiary alicyclic amines) is 1. The van der Waals surface area contributed by atoms with E-state index in [0.29, 0.717) is 13.0 Å². The fourth-order valence-electron chi connectivity index (χ4n) is 2.16. The molecular formula is C14H22N2O3. The number of nitrogens with one attached hydrogen (secondary N) is 1. The fraction of sp³-hybridized carbons (Fsp3) is 0.714. The Bertz CT molecular complexity index is 385. The Morgan fingerprint density at radius 1 is 1.32 bits per heavy atom. The lowest BCUT2D eigenvalue weighted by atomic mass is 10.0. The van der Waals surface area contributed by atoms with Gasteiger partial charge in [0, 0.05) is 6.54 Å². The second-order valence-corrected chi connectivity index (χ2v) is 5.45. The lowest BCUT2D eigenvalue weighted by molar-refractivity contribution is -0.142. The largest absolute Gasteiger partial charge is 0.480 e. The number of urea groups is 1. The van der Waals surface area contributed by atoms with E-state index in [9.17, 15) is 14.7 Å². The number of amides is 2. The molecule has 1 unspecified atom stereocenters. The van der Waals surface area contributed by atoms with Crippen LogP contribution in [-0.2, 0) is 4.79 Å². The third-order valence-corrected chi connectivity index (χ3v) is 3.33. The number of hydrogen-bond acceptors (Lipinski definition) is 2. The number of nitrogens with zero attached hydrogens (tertiary/aromatic N) is 1. The summed E-state index contributed by atoms with van der Waals surface area (Å²) in [6.45, 7) is 3.89. The molecule has 1 rings (SSSR count). The summed E-state index contributed by atoms with van der Waals surface area (Å²) < 4.78 is 0. The zero-order valence-corrected chi connectivity index (χ0v) is 11.6. The van der Waals surface area contributed by atoms with Crippen LogP contribution in [0.15, 0.2) is 0 Å². The van der Waals surface area contributed by atoms with Crippen molar-refractivity contribution in [3.8, 4) is 12.3 Å². The molecule has 1 atom stereocenters. The number of carboxylic acid groups (broad SMARTS) is 1. The van der Waals surface area contributed by atoms with Gasteiger partial charge < -0.3 is 15.3 Å². The van der Waals surface area contributed by atoms with Gasteiger partial charge in [0.15, 0.2) is 0 Å². The average Bonchev–Trinajstić information content (AvgIpc) is 2.27. The number of terminal acetylenes is 1. The highest BCUT2D eigenvalue weighted by molar-refractivity contribution is 5.83. The molecule has 0 aromatic rings. The van der Waals surface area contributed by atoms with Gasteiger partial charge in [0.25, 0.3) is 0 Å². The average molecular weight is 266 g/mol. The first kappa shape index (κ1) is 15.4. The van der Waals surface area contributed by atoms with Gasteiger partial charge in [-0.15, -0.1) is 6.42 Å². The first-order valence-corrected chi connectivity index (χ1v) is 6.67. The molecule has 0 aromatic heterocycles. The van der Waals surface area contributed by atoms with Crippen molar-refractivity contribution in [2.45, 2.75) is 57.5 Å². The zero-order valence-electron chi connectivity index (χ0n) is 11.6. The summed E-state index contributed by atoms with van der Waals surface area (Å²) in [5, 5.41) is 12.0. The van der Waals surface area contributed by atoms with Crippen molar-refractivity contribution in [2.75, 3.05) is 6.54 Å². The monoisotopic (exact) mass is 266 g/mol. The van der Waals surface area contributed by atoms with Gasteiger partial charge in [-0.3, -0.25) is 0 Å². The van der Waals surface area contributed by atoms with Crippen molar-refractivity contribution in [3.63, 3.8) is 0 Å². The van der Waals surface area contributed by atoms with Crippen LogP contribution in [0.25, 0.3) is 0 Å². The summed E-state index contributed by atoms with van der Waals surface area (Å²) in [7, 11) is 0. The summed E-state index contributed by atoms with van der Waals surface area (Å²) in [6.07, 6.45) is 9.54. The summed E-state index contributed by atoms with van der Waals surface area (Å²) in [5.41, 5.74) is -0.775. The summed E-state index contributed by atoms with van der Waals surface area (Å²) in [4.78, 5) is 24.9. The van der Waals surface area contributed by atoms with Gasteiger partial charge in [-0.2, -0.15) is 0 Å². The van der Waals surface area contributed by atoms with E-state index < -0.39 is 23.6 Å². The highest BCUT2D eigenvalue weighted by Crippen LogP contribution is 2.17. The predicted molar refractivity (Wildman–Crippen MR) is 72.7 cm³/mol. The molecule has 1 aliphatic rings. The number of carboxylic acids is 1. The maximum absolute atomic E-state index is 12.2. The minimum atomic E-state index is -0.949. The van der Waals surface area contributed by atoms with E-state index in [2.05, 4.69) is 11.2 Å². The van der Waals surface area contributed by atoms with Crippen LogP contribution >= 0.6 is 0 Å². The molecule has 106 valence electrons. The van der Waals surface area contributed by atoms with Crippen molar-refractivity contribution >= 4 is 12.0 Å². The van der Waals surface area contributed by atoms with Crippen LogP contribution in [0.3, 0.4) is 0 Å². The minimum absolute atomic E-state index is 0.391. The number of hydrogen-bond donors (Lipinski definition) is 2. The number of carbonyl (C=O) groups is 2. The first-order valence-electron chi connectivity index (χ1n) is 6.67. The fourth-order valence-corrected chi connectivity index (χ4v) is 2.16. The summed E-state index contributed by atoms with van der Waals surface area (Å²) in [6, 6.07) is -1.15. The van der Waals surface area contributed by atoms with Crippen LogP contribution in [0, 0.1) is 12.3 Å². The van der Waals surface area contributed by atoms with Crippen LogP contribution in [-0.4, -0.2) is 40.1 Å². The van der Waals surface area contributed by atoms with Crippen LogP contribution in [0.2, 0.25) is 0 Å². The van der Waals surface area contributed by atoms with Crippen molar-refractivity contribution < 1.29 is 14.7 Å². The van der Waals surface area contributed by atoms with Gasteiger partial charge in [-0.25, -0.2) is 9.59 Å². The molecule has 5 heteroatoms. The van der Waals surface area contributed by atoms with Crippen LogP contribution in [0.5, 0.6) is 0 Å². The molecule has 5 nitrogen and oxygen atoms in total. The molecular weight excluding hydrogens is 244 g/mol. The van der Waals surface area contributed by atoms with Crippen molar-refractivity contribution in [1.82, 2.24) is 10.2 Å². The van der Waals surface area contributed by atoms with Crippen LogP contribution < -0.4 is 5.32 Å². The molecule has 0 aliphatic carbocycles. The summed E-state index contributed by atoms with van der Waals surface area (Å²) >= 11 is 0. The van der Waals surface area contributed by atoms with E-state index in [4.69, 9.17) is 6.42 Å². The van der Waals surface area contributed by atoms with E-state index in [0.717, 1.165) is 25.7 Å². The van der Waals surface area contributed by atoms with Gasteiger partial charge in [0.1, 0.15) is 6.04 Å². The van der Waals surface area contributed by atoms with Gasteiger partial charge in [-0.05, 0) is 26.7 Å². The standard InChI is InChI=1S/C14H22N2O3/c1-4-14(2,3)15-13(19)16-10-8-6-5-7-9-11(16)12(17)18/h1,11H,5-10H2,2-3H3,(H,15,19)(H,17,18). The highest BCUT2D eigenvalue weighted by Gasteiger charge is 2.32. The van der Waals surface area contributed by atoms with E-state index in [1.54, 1.807) is 13.8 Å². The van der Waals surface area contributed by atoms with Crippen molar-refractivity contribution in [2.24, 2.45) is 0 Å². The number of rotatable bonds is 2. The third kappa shape index (κ3) is 4.47. The molecule has 0 spiro atoms. The molecule has 0 aromatic carbocycles. The van der Waals surface area contributed by atoms with E-state index >= 15 is 0 Å². The lowest BCUT2D eigenvalue weighted by Gasteiger charge is -2.33. The lowest BCUT2D eigenvalue weighted by Crippen LogP contribution is -2.55. The van der Waals surface area contributed by atoms with Crippen molar-refractivity contribution in [3.05, 3.63) is 0 Å². The Kier molecular flexibility index (Phi) is 5.22. The number of aliphatic carboxylic acids is 1. The molecule has 1 saturated heterocycles. The Morgan fingerprint density at radius 3 is 2.53 bits per heavy atom. The van der Waals surface area contributed by atoms with Gasteiger partial charge >= 0.3 is 12.0 Å². The van der Waals surface area contributed by atoms with Crippen LogP contribution in [0.4, 0.5) is 4.79 Å². The predicted octanol–water partition coefficient (Wildman–Crippen LogP) is 1.83. The molecule has 2 N–H and O–H groups in total. The SMILES string of the molecule is C#CC(C)(C)NC(=O)N1CCCCCCC1C(=O)O. The highest BCUT2D eigenvalue weighted by atomic mass is 16.4. The molecule has 1 aliphatic heterocycles. The molecule has 0 radical (unpaired) electrons. The smallest absolute Gasteiger partial charge is 0.326 e. The second kappa shape index (κ2) is 6.46. The molecule has 1 fully saturated rings.